The van der Waals surface area contributed by atoms with Gasteiger partial charge in [0.15, 0.2) is 0 Å². The van der Waals surface area contributed by atoms with E-state index in [0.717, 1.165) is 28.8 Å². The van der Waals surface area contributed by atoms with Crippen molar-refractivity contribution in [2.45, 2.75) is 32.6 Å². The number of amides is 1. The Kier molecular flexibility index (Phi) is 6.45. The Bertz CT molecular complexity index is 778. The number of nitrogens with zero attached hydrogens (tertiary/aromatic N) is 2. The van der Waals surface area contributed by atoms with Gasteiger partial charge in [-0.25, -0.2) is 5.43 Å². The van der Waals surface area contributed by atoms with Gasteiger partial charge >= 0.3 is 0 Å². The third-order valence-corrected chi connectivity index (χ3v) is 5.39. The van der Waals surface area contributed by atoms with Crippen molar-refractivity contribution in [1.29, 1.82) is 0 Å². The number of hydrogen-bond acceptors (Lipinski definition) is 3. The van der Waals surface area contributed by atoms with E-state index in [1.165, 1.54) is 31.4 Å². The molecule has 0 spiro atoms. The first-order valence-corrected chi connectivity index (χ1v) is 9.89. The first kappa shape index (κ1) is 18.6. The van der Waals surface area contributed by atoms with Crippen molar-refractivity contribution in [2.75, 3.05) is 18.0 Å². The third kappa shape index (κ3) is 4.73. The number of hydrogen-bond donors (Lipinski definition) is 1. The lowest BCUT2D eigenvalue weighted by molar-refractivity contribution is 0.0954. The molecule has 0 unspecified atom stereocenters. The molecule has 1 aliphatic heterocycles. The average Bonchev–Trinajstić information content (AvgIpc) is 2.96. The minimum Gasteiger partial charge on any atom is -0.372 e. The molecule has 5 heteroatoms. The Hall–Kier alpha value is -2.14. The predicted octanol–water partition coefficient (Wildman–Crippen LogP) is 4.98. The Morgan fingerprint density at radius 3 is 2.31 bits per heavy atom. The van der Waals surface area contributed by atoms with E-state index < -0.39 is 0 Å². The summed E-state index contributed by atoms with van der Waals surface area (Å²) in [5.41, 5.74) is 6.26. The van der Waals surface area contributed by atoms with Crippen LogP contribution >= 0.6 is 15.9 Å². The number of hydrazone groups is 1. The number of carbonyl (C=O) groups excluding carboxylic acids is 1. The Balaban J connectivity index is 1.65. The van der Waals surface area contributed by atoms with E-state index in [1.54, 1.807) is 6.07 Å². The molecule has 2 aromatic rings. The molecule has 3 rings (SSSR count). The minimum absolute atomic E-state index is 0.224. The van der Waals surface area contributed by atoms with Crippen molar-refractivity contribution in [2.24, 2.45) is 5.10 Å². The molecule has 0 saturated carbocycles. The highest BCUT2D eigenvalue weighted by molar-refractivity contribution is 9.10. The molecule has 0 atom stereocenters. The third-order valence-electron chi connectivity index (χ3n) is 4.70. The monoisotopic (exact) mass is 413 g/mol. The smallest absolute Gasteiger partial charge is 0.272 e. The van der Waals surface area contributed by atoms with Gasteiger partial charge in [-0.1, -0.05) is 37.1 Å². The van der Waals surface area contributed by atoms with Gasteiger partial charge in [-0.15, -0.1) is 0 Å². The molecule has 1 amide bonds. The molecule has 4 nitrogen and oxygen atoms in total. The summed E-state index contributed by atoms with van der Waals surface area (Å²) in [7, 11) is 0. The molecule has 1 saturated heterocycles. The molecule has 1 fully saturated rings. The second-order valence-corrected chi connectivity index (χ2v) is 7.42. The van der Waals surface area contributed by atoms with Crippen molar-refractivity contribution in [3.05, 3.63) is 64.1 Å². The van der Waals surface area contributed by atoms with Crippen LogP contribution in [-0.4, -0.2) is 24.7 Å². The molecule has 2 aromatic carbocycles. The van der Waals surface area contributed by atoms with E-state index in [9.17, 15) is 4.79 Å². The fraction of sp³-hybridized carbons (Fsp3) is 0.333. The zero-order valence-corrected chi connectivity index (χ0v) is 16.6. The summed E-state index contributed by atoms with van der Waals surface area (Å²) >= 11 is 3.39. The summed E-state index contributed by atoms with van der Waals surface area (Å²) in [5, 5.41) is 4.25. The summed E-state index contributed by atoms with van der Waals surface area (Å²) < 4.78 is 0.757. The lowest BCUT2D eigenvalue weighted by Crippen LogP contribution is -2.23. The van der Waals surface area contributed by atoms with Crippen LogP contribution in [0.1, 0.15) is 48.5 Å². The largest absolute Gasteiger partial charge is 0.372 e. The molecule has 26 heavy (non-hydrogen) atoms. The zero-order chi connectivity index (χ0) is 18.4. The molecule has 0 aromatic heterocycles. The number of anilines is 1. The first-order chi connectivity index (χ1) is 12.6. The van der Waals surface area contributed by atoms with Crippen molar-refractivity contribution in [3.63, 3.8) is 0 Å². The normalized spacial score (nSPS) is 15.5. The molecule has 0 aliphatic carbocycles. The lowest BCUT2D eigenvalue weighted by atomic mass is 10.1. The standard InChI is InChI=1S/C21H24BrN3O/c1-16(23-24-21(26)19-8-4-5-9-20(19)22)17-10-12-18(13-11-17)25-14-6-2-3-7-15-25/h4-5,8-13H,2-3,6-7,14-15H2,1H3,(H,24,26). The number of halogens is 1. The van der Waals surface area contributed by atoms with Crippen molar-refractivity contribution in [1.82, 2.24) is 5.43 Å². The summed E-state index contributed by atoms with van der Waals surface area (Å²) in [6, 6.07) is 15.8. The SMILES string of the molecule is CC(=NNC(=O)c1ccccc1Br)c1ccc(N2CCCCCC2)cc1. The predicted molar refractivity (Wildman–Crippen MR) is 111 cm³/mol. The molecule has 0 bridgehead atoms. The maximum absolute atomic E-state index is 12.2. The van der Waals surface area contributed by atoms with Crippen LogP contribution < -0.4 is 10.3 Å². The number of rotatable bonds is 4. The summed E-state index contributed by atoms with van der Waals surface area (Å²) in [6.45, 7) is 4.17. The van der Waals surface area contributed by atoms with Crippen molar-refractivity contribution < 1.29 is 4.79 Å². The van der Waals surface area contributed by atoms with Crippen LogP contribution in [0.25, 0.3) is 0 Å². The molecule has 136 valence electrons. The number of nitrogens with one attached hydrogen (secondary N) is 1. The van der Waals surface area contributed by atoms with Crippen molar-refractivity contribution in [3.8, 4) is 0 Å². The van der Waals surface area contributed by atoms with Gasteiger partial charge in [0.05, 0.1) is 11.3 Å². The molecular formula is C21H24BrN3O. The van der Waals surface area contributed by atoms with Crippen LogP contribution in [0.4, 0.5) is 5.69 Å². The van der Waals surface area contributed by atoms with Crippen molar-refractivity contribution >= 4 is 33.2 Å². The topological polar surface area (TPSA) is 44.7 Å². The van der Waals surface area contributed by atoms with Gasteiger partial charge in [-0.3, -0.25) is 4.79 Å². The maximum atomic E-state index is 12.2. The van der Waals surface area contributed by atoms with Gasteiger partial charge in [0.2, 0.25) is 0 Å². The van der Waals surface area contributed by atoms with Gasteiger partial charge in [-0.05, 0) is 65.5 Å². The molecular weight excluding hydrogens is 390 g/mol. The van der Waals surface area contributed by atoms with E-state index in [-0.39, 0.29) is 5.91 Å². The van der Waals surface area contributed by atoms with Crippen LogP contribution in [0.3, 0.4) is 0 Å². The van der Waals surface area contributed by atoms with Gasteiger partial charge in [0.25, 0.3) is 5.91 Å². The van der Waals surface area contributed by atoms with Gasteiger partial charge in [-0.2, -0.15) is 5.10 Å². The first-order valence-electron chi connectivity index (χ1n) is 9.10. The van der Waals surface area contributed by atoms with E-state index >= 15 is 0 Å². The summed E-state index contributed by atoms with van der Waals surface area (Å²) in [6.07, 6.45) is 5.20. The Labute approximate surface area is 163 Å². The zero-order valence-electron chi connectivity index (χ0n) is 15.0. The van der Waals surface area contributed by atoms with E-state index in [2.05, 4.69) is 55.6 Å². The Morgan fingerprint density at radius 1 is 1.00 bits per heavy atom. The molecule has 1 heterocycles. The second kappa shape index (κ2) is 8.99. The molecule has 1 N–H and O–H groups in total. The fourth-order valence-corrected chi connectivity index (χ4v) is 3.61. The lowest BCUT2D eigenvalue weighted by Gasteiger charge is -2.22. The molecule has 1 aliphatic rings. The highest BCUT2D eigenvalue weighted by Gasteiger charge is 2.11. The van der Waals surface area contributed by atoms with Crippen LogP contribution in [-0.2, 0) is 0 Å². The fourth-order valence-electron chi connectivity index (χ4n) is 3.15. The highest BCUT2D eigenvalue weighted by Crippen LogP contribution is 2.20. The quantitative estimate of drug-likeness (QED) is 0.566. The number of carbonyl (C=O) groups is 1. The van der Waals surface area contributed by atoms with Gasteiger partial charge < -0.3 is 4.90 Å². The van der Waals surface area contributed by atoms with Gasteiger partial charge in [0, 0.05) is 23.2 Å². The van der Waals surface area contributed by atoms with Crippen LogP contribution in [0, 0.1) is 0 Å². The average molecular weight is 414 g/mol. The van der Waals surface area contributed by atoms with E-state index in [0.29, 0.717) is 5.56 Å². The van der Waals surface area contributed by atoms with Crippen LogP contribution in [0.15, 0.2) is 58.1 Å². The number of benzene rings is 2. The summed E-state index contributed by atoms with van der Waals surface area (Å²) in [4.78, 5) is 14.7. The van der Waals surface area contributed by atoms with E-state index in [1.807, 2.05) is 25.1 Å². The maximum Gasteiger partial charge on any atom is 0.272 e. The molecule has 0 radical (unpaired) electrons. The minimum atomic E-state index is -0.224. The van der Waals surface area contributed by atoms with Gasteiger partial charge in [0.1, 0.15) is 0 Å². The van der Waals surface area contributed by atoms with Crippen LogP contribution in [0.5, 0.6) is 0 Å². The van der Waals surface area contributed by atoms with Crippen LogP contribution in [0.2, 0.25) is 0 Å². The Morgan fingerprint density at radius 2 is 1.65 bits per heavy atom. The van der Waals surface area contributed by atoms with E-state index in [4.69, 9.17) is 0 Å². The second-order valence-electron chi connectivity index (χ2n) is 6.57. The summed E-state index contributed by atoms with van der Waals surface area (Å²) in [5.74, 6) is -0.224. The highest BCUT2D eigenvalue weighted by atomic mass is 79.9.